The van der Waals surface area contributed by atoms with Gasteiger partial charge in [0.2, 0.25) is 5.91 Å². The molecular weight excluding hydrogens is 280 g/mol. The van der Waals surface area contributed by atoms with Crippen molar-refractivity contribution in [3.63, 3.8) is 0 Å². The molecule has 1 amide bonds. The first-order chi connectivity index (χ1) is 10.7. The summed E-state index contributed by atoms with van der Waals surface area (Å²) in [7, 11) is 0. The van der Waals surface area contributed by atoms with Gasteiger partial charge in [0.25, 0.3) is 0 Å². The van der Waals surface area contributed by atoms with Gasteiger partial charge in [0.15, 0.2) is 5.82 Å². The number of carbonyl (C=O) groups excluding carboxylic acids is 1. The number of anilines is 2. The Morgan fingerprint density at radius 3 is 3.09 bits per heavy atom. The summed E-state index contributed by atoms with van der Waals surface area (Å²) in [4.78, 5) is 17.5. The first-order valence-electron chi connectivity index (χ1n) is 7.10. The van der Waals surface area contributed by atoms with E-state index in [1.807, 2.05) is 23.0 Å². The molecule has 1 saturated heterocycles. The van der Waals surface area contributed by atoms with Gasteiger partial charge in [-0.2, -0.15) is 10.4 Å². The molecule has 1 aliphatic rings. The fourth-order valence-electron chi connectivity index (χ4n) is 2.62. The lowest BCUT2D eigenvalue weighted by atomic mass is 10.3. The SMILES string of the molecule is CC(=O)Nc1ccn([C@@H]2CCN(c3cccc(C#N)n3)C2)n1. The second-order valence-corrected chi connectivity index (χ2v) is 5.24. The maximum Gasteiger partial charge on any atom is 0.222 e. The van der Waals surface area contributed by atoms with E-state index < -0.39 is 0 Å². The van der Waals surface area contributed by atoms with Crippen molar-refractivity contribution in [2.45, 2.75) is 19.4 Å². The lowest BCUT2D eigenvalue weighted by Gasteiger charge is -2.17. The highest BCUT2D eigenvalue weighted by molar-refractivity contribution is 5.87. The number of aromatic nitrogens is 3. The van der Waals surface area contributed by atoms with Gasteiger partial charge in [-0.05, 0) is 18.6 Å². The number of hydrogen-bond acceptors (Lipinski definition) is 5. The van der Waals surface area contributed by atoms with Crippen LogP contribution in [0.3, 0.4) is 0 Å². The molecule has 3 heterocycles. The first-order valence-corrected chi connectivity index (χ1v) is 7.10. The van der Waals surface area contributed by atoms with Crippen LogP contribution in [0.15, 0.2) is 30.5 Å². The third-order valence-electron chi connectivity index (χ3n) is 3.62. The van der Waals surface area contributed by atoms with E-state index in [-0.39, 0.29) is 11.9 Å². The number of nitriles is 1. The molecule has 112 valence electrons. The summed E-state index contributed by atoms with van der Waals surface area (Å²) >= 11 is 0. The van der Waals surface area contributed by atoms with Crippen molar-refractivity contribution in [2.24, 2.45) is 0 Å². The zero-order chi connectivity index (χ0) is 15.5. The highest BCUT2D eigenvalue weighted by Crippen LogP contribution is 2.25. The molecule has 0 aliphatic carbocycles. The van der Waals surface area contributed by atoms with Crippen LogP contribution in [-0.2, 0) is 4.79 Å². The zero-order valence-electron chi connectivity index (χ0n) is 12.2. The Hall–Kier alpha value is -2.88. The third-order valence-corrected chi connectivity index (χ3v) is 3.62. The van der Waals surface area contributed by atoms with E-state index in [4.69, 9.17) is 5.26 Å². The quantitative estimate of drug-likeness (QED) is 0.928. The van der Waals surface area contributed by atoms with Gasteiger partial charge in [0.1, 0.15) is 17.6 Å². The van der Waals surface area contributed by atoms with Crippen LogP contribution in [0.5, 0.6) is 0 Å². The molecule has 7 nitrogen and oxygen atoms in total. The third kappa shape index (κ3) is 2.91. The Balaban J connectivity index is 1.70. The second-order valence-electron chi connectivity index (χ2n) is 5.24. The van der Waals surface area contributed by atoms with Crippen molar-refractivity contribution in [3.8, 4) is 6.07 Å². The van der Waals surface area contributed by atoms with E-state index in [1.54, 1.807) is 12.1 Å². The number of rotatable bonds is 3. The molecule has 1 aliphatic heterocycles. The van der Waals surface area contributed by atoms with Crippen molar-refractivity contribution < 1.29 is 4.79 Å². The monoisotopic (exact) mass is 296 g/mol. The zero-order valence-corrected chi connectivity index (χ0v) is 12.2. The van der Waals surface area contributed by atoms with Crippen molar-refractivity contribution >= 4 is 17.5 Å². The molecule has 0 spiro atoms. The van der Waals surface area contributed by atoms with Crippen LogP contribution in [0.4, 0.5) is 11.6 Å². The van der Waals surface area contributed by atoms with Crippen molar-refractivity contribution in [3.05, 3.63) is 36.2 Å². The van der Waals surface area contributed by atoms with Gasteiger partial charge in [0.05, 0.1) is 6.04 Å². The molecule has 22 heavy (non-hydrogen) atoms. The second kappa shape index (κ2) is 5.85. The molecule has 7 heteroatoms. The van der Waals surface area contributed by atoms with Crippen LogP contribution < -0.4 is 10.2 Å². The molecule has 0 bridgehead atoms. The molecular formula is C15H16N6O. The maximum absolute atomic E-state index is 11.0. The van der Waals surface area contributed by atoms with Gasteiger partial charge in [-0.1, -0.05) is 6.07 Å². The fraction of sp³-hybridized carbons (Fsp3) is 0.333. The van der Waals surface area contributed by atoms with Gasteiger partial charge in [-0.15, -0.1) is 0 Å². The van der Waals surface area contributed by atoms with Crippen LogP contribution >= 0.6 is 0 Å². The molecule has 3 rings (SSSR count). The van der Waals surface area contributed by atoms with E-state index in [9.17, 15) is 4.79 Å². The Bertz CT molecular complexity index is 732. The van der Waals surface area contributed by atoms with Gasteiger partial charge in [-0.25, -0.2) is 4.98 Å². The molecule has 2 aromatic heterocycles. The van der Waals surface area contributed by atoms with Crippen LogP contribution in [0.1, 0.15) is 25.1 Å². The summed E-state index contributed by atoms with van der Waals surface area (Å²) in [6, 6.07) is 9.54. The van der Waals surface area contributed by atoms with Crippen LogP contribution in [0, 0.1) is 11.3 Å². The van der Waals surface area contributed by atoms with Crippen LogP contribution in [0.2, 0.25) is 0 Å². The smallest absolute Gasteiger partial charge is 0.222 e. The standard InChI is InChI=1S/C15H16N6O/c1-11(22)17-14-6-8-21(19-14)13-5-7-20(10-13)15-4-2-3-12(9-16)18-15/h2-4,6,8,13H,5,7,10H2,1H3,(H,17,19,22)/t13-/m1/s1. The van der Waals surface area contributed by atoms with Crippen LogP contribution in [0.25, 0.3) is 0 Å². The van der Waals surface area contributed by atoms with Crippen molar-refractivity contribution in [2.75, 3.05) is 23.3 Å². The van der Waals surface area contributed by atoms with Crippen molar-refractivity contribution in [1.82, 2.24) is 14.8 Å². The van der Waals surface area contributed by atoms with Gasteiger partial charge in [-0.3, -0.25) is 9.48 Å². The van der Waals surface area contributed by atoms with Crippen molar-refractivity contribution in [1.29, 1.82) is 5.26 Å². The fourth-order valence-corrected chi connectivity index (χ4v) is 2.62. The minimum Gasteiger partial charge on any atom is -0.354 e. The summed E-state index contributed by atoms with van der Waals surface area (Å²) in [6.07, 6.45) is 2.82. The normalized spacial score (nSPS) is 17.3. The molecule has 0 radical (unpaired) electrons. The molecule has 2 aromatic rings. The van der Waals surface area contributed by atoms with E-state index in [0.29, 0.717) is 11.5 Å². The molecule has 1 fully saturated rings. The number of nitrogens with zero attached hydrogens (tertiary/aromatic N) is 5. The summed E-state index contributed by atoms with van der Waals surface area (Å²) in [5.41, 5.74) is 0.424. The Labute approximate surface area is 128 Å². The Morgan fingerprint density at radius 2 is 2.32 bits per heavy atom. The highest BCUT2D eigenvalue weighted by atomic mass is 16.1. The molecule has 0 unspecified atom stereocenters. The summed E-state index contributed by atoms with van der Waals surface area (Å²) < 4.78 is 1.87. The van der Waals surface area contributed by atoms with Gasteiger partial charge >= 0.3 is 0 Å². The average molecular weight is 296 g/mol. The van der Waals surface area contributed by atoms with Crippen LogP contribution in [-0.4, -0.2) is 33.8 Å². The lowest BCUT2D eigenvalue weighted by molar-refractivity contribution is -0.114. The summed E-state index contributed by atoms with van der Waals surface area (Å²) in [6.45, 7) is 3.11. The largest absolute Gasteiger partial charge is 0.354 e. The number of nitrogens with one attached hydrogen (secondary N) is 1. The van der Waals surface area contributed by atoms with Gasteiger partial charge < -0.3 is 10.2 Å². The first kappa shape index (κ1) is 14.1. The number of pyridine rings is 1. The molecule has 1 N–H and O–H groups in total. The topological polar surface area (TPSA) is 86.8 Å². The molecule has 0 saturated carbocycles. The Kier molecular flexibility index (Phi) is 3.74. The Morgan fingerprint density at radius 1 is 1.45 bits per heavy atom. The minimum absolute atomic E-state index is 0.129. The van der Waals surface area contributed by atoms with E-state index in [2.05, 4.69) is 26.4 Å². The van der Waals surface area contributed by atoms with E-state index in [1.165, 1.54) is 6.92 Å². The van der Waals surface area contributed by atoms with E-state index in [0.717, 1.165) is 25.3 Å². The minimum atomic E-state index is -0.129. The number of carbonyl (C=O) groups is 1. The summed E-state index contributed by atoms with van der Waals surface area (Å²) in [5.74, 6) is 1.25. The highest BCUT2D eigenvalue weighted by Gasteiger charge is 2.25. The number of amides is 1. The average Bonchev–Trinajstić information content (AvgIpc) is 3.15. The maximum atomic E-state index is 11.0. The summed E-state index contributed by atoms with van der Waals surface area (Å²) in [5, 5.41) is 16.0. The van der Waals surface area contributed by atoms with E-state index >= 15 is 0 Å². The predicted molar refractivity (Wildman–Crippen MR) is 81.3 cm³/mol. The molecule has 0 aromatic carbocycles. The van der Waals surface area contributed by atoms with Gasteiger partial charge in [0, 0.05) is 32.3 Å². The lowest BCUT2D eigenvalue weighted by Crippen LogP contribution is -2.22. The number of hydrogen-bond donors (Lipinski definition) is 1. The predicted octanol–water partition coefficient (Wildman–Crippen LogP) is 1.56. The molecule has 1 atom stereocenters.